The van der Waals surface area contributed by atoms with E-state index in [2.05, 4.69) is 15.8 Å². The van der Waals surface area contributed by atoms with E-state index in [0.29, 0.717) is 28.4 Å². The van der Waals surface area contributed by atoms with Crippen molar-refractivity contribution in [3.63, 3.8) is 0 Å². The number of non-ortho nitro benzene ring substituents is 1. The summed E-state index contributed by atoms with van der Waals surface area (Å²) in [7, 11) is 0. The second-order valence-corrected chi connectivity index (χ2v) is 6.78. The van der Waals surface area contributed by atoms with Gasteiger partial charge in [0, 0.05) is 17.7 Å². The number of benzene rings is 2. The Hall–Kier alpha value is -4.53. The van der Waals surface area contributed by atoms with E-state index >= 15 is 0 Å². The van der Waals surface area contributed by atoms with E-state index in [-0.39, 0.29) is 11.4 Å². The van der Waals surface area contributed by atoms with Crippen LogP contribution in [0.15, 0.2) is 81.9 Å². The number of furan rings is 1. The van der Waals surface area contributed by atoms with Gasteiger partial charge in [0.05, 0.1) is 4.92 Å². The predicted octanol–water partition coefficient (Wildman–Crippen LogP) is 3.81. The van der Waals surface area contributed by atoms with Gasteiger partial charge in [-0.3, -0.25) is 19.7 Å². The van der Waals surface area contributed by atoms with E-state index < -0.39 is 16.7 Å². The lowest BCUT2D eigenvalue weighted by atomic mass is 10.1. The van der Waals surface area contributed by atoms with Crippen LogP contribution < -0.4 is 10.7 Å². The zero-order valence-corrected chi connectivity index (χ0v) is 17.4. The second-order valence-electron chi connectivity index (χ2n) is 6.78. The molecule has 0 aliphatic rings. The number of amides is 2. The van der Waals surface area contributed by atoms with Gasteiger partial charge >= 0.3 is 0 Å². The van der Waals surface area contributed by atoms with E-state index in [1.807, 2.05) is 0 Å². The molecule has 32 heavy (non-hydrogen) atoms. The SMILES string of the molecule is C/C(=N\NC(=O)/C(=C\c1ccc([N+](=O)[O-])cc1)NC(=O)c1ccccc1)c1ccc(C)o1. The molecule has 0 atom stereocenters. The summed E-state index contributed by atoms with van der Waals surface area (Å²) < 4.78 is 5.47. The monoisotopic (exact) mass is 432 g/mol. The molecule has 1 aromatic heterocycles. The highest BCUT2D eigenvalue weighted by molar-refractivity contribution is 6.06. The van der Waals surface area contributed by atoms with E-state index in [9.17, 15) is 19.7 Å². The number of hydrazone groups is 1. The molecule has 162 valence electrons. The number of nitro benzene ring substituents is 1. The van der Waals surface area contributed by atoms with Crippen LogP contribution in [0.4, 0.5) is 5.69 Å². The van der Waals surface area contributed by atoms with Crippen molar-refractivity contribution in [3.8, 4) is 0 Å². The average Bonchev–Trinajstić information content (AvgIpc) is 3.24. The third-order valence-corrected chi connectivity index (χ3v) is 4.37. The molecule has 2 amide bonds. The van der Waals surface area contributed by atoms with Gasteiger partial charge in [-0.2, -0.15) is 5.10 Å². The van der Waals surface area contributed by atoms with E-state index in [1.54, 1.807) is 56.3 Å². The number of nitro groups is 1. The minimum Gasteiger partial charge on any atom is -0.460 e. The lowest BCUT2D eigenvalue weighted by molar-refractivity contribution is -0.384. The summed E-state index contributed by atoms with van der Waals surface area (Å²) in [5.41, 5.74) is 3.51. The van der Waals surface area contributed by atoms with Crippen LogP contribution >= 0.6 is 0 Å². The smallest absolute Gasteiger partial charge is 0.287 e. The lowest BCUT2D eigenvalue weighted by Gasteiger charge is -2.09. The summed E-state index contributed by atoms with van der Waals surface area (Å²) >= 11 is 0. The highest BCUT2D eigenvalue weighted by Gasteiger charge is 2.15. The van der Waals surface area contributed by atoms with Gasteiger partial charge in [0.2, 0.25) is 0 Å². The topological polar surface area (TPSA) is 127 Å². The summed E-state index contributed by atoms with van der Waals surface area (Å²) in [6.07, 6.45) is 1.40. The van der Waals surface area contributed by atoms with Crippen LogP contribution in [0.3, 0.4) is 0 Å². The number of carbonyl (C=O) groups is 2. The fourth-order valence-electron chi connectivity index (χ4n) is 2.68. The van der Waals surface area contributed by atoms with Crippen LogP contribution in [-0.4, -0.2) is 22.4 Å². The Bertz CT molecular complexity index is 1190. The summed E-state index contributed by atoms with van der Waals surface area (Å²) in [6, 6.07) is 17.5. The Labute approximate surface area is 183 Å². The molecule has 9 heteroatoms. The maximum atomic E-state index is 12.8. The Kier molecular flexibility index (Phi) is 6.92. The van der Waals surface area contributed by atoms with E-state index in [0.717, 1.165) is 0 Å². The zero-order chi connectivity index (χ0) is 23.1. The molecule has 0 bridgehead atoms. The molecule has 9 nitrogen and oxygen atoms in total. The third kappa shape index (κ3) is 5.76. The first kappa shape index (κ1) is 22.2. The molecule has 0 saturated carbocycles. The highest BCUT2D eigenvalue weighted by atomic mass is 16.6. The Morgan fingerprint density at radius 1 is 1.03 bits per heavy atom. The molecule has 2 N–H and O–H groups in total. The Balaban J connectivity index is 1.85. The molecule has 1 heterocycles. The number of nitrogens with one attached hydrogen (secondary N) is 2. The highest BCUT2D eigenvalue weighted by Crippen LogP contribution is 2.14. The average molecular weight is 432 g/mol. The number of aryl methyl sites for hydroxylation is 1. The largest absolute Gasteiger partial charge is 0.460 e. The lowest BCUT2D eigenvalue weighted by Crippen LogP contribution is -2.33. The van der Waals surface area contributed by atoms with E-state index in [1.165, 1.54) is 30.3 Å². The molecule has 0 fully saturated rings. The number of hydrogen-bond acceptors (Lipinski definition) is 6. The van der Waals surface area contributed by atoms with Crippen molar-refractivity contribution in [2.45, 2.75) is 13.8 Å². The second kappa shape index (κ2) is 9.98. The number of carbonyl (C=O) groups excluding carboxylic acids is 2. The molecule has 3 aromatic rings. The summed E-state index contributed by atoms with van der Waals surface area (Å²) in [4.78, 5) is 35.7. The first-order valence-electron chi connectivity index (χ1n) is 9.57. The number of rotatable bonds is 7. The minimum absolute atomic E-state index is 0.0834. The fourth-order valence-corrected chi connectivity index (χ4v) is 2.68. The van der Waals surface area contributed by atoms with Gasteiger partial charge in [0.25, 0.3) is 17.5 Å². The molecule has 3 rings (SSSR count). The molecular formula is C23H20N4O5. The number of hydrogen-bond donors (Lipinski definition) is 2. The van der Waals surface area contributed by atoms with Crippen LogP contribution in [0.25, 0.3) is 6.08 Å². The Morgan fingerprint density at radius 2 is 1.72 bits per heavy atom. The maximum absolute atomic E-state index is 12.8. The first-order valence-corrected chi connectivity index (χ1v) is 9.57. The van der Waals surface area contributed by atoms with Crippen molar-refractivity contribution in [2.75, 3.05) is 0 Å². The van der Waals surface area contributed by atoms with Crippen LogP contribution in [-0.2, 0) is 4.79 Å². The van der Waals surface area contributed by atoms with Crippen molar-refractivity contribution < 1.29 is 18.9 Å². The van der Waals surface area contributed by atoms with Crippen molar-refractivity contribution in [2.24, 2.45) is 5.10 Å². The quantitative estimate of drug-likeness (QED) is 0.254. The minimum atomic E-state index is -0.671. The first-order chi connectivity index (χ1) is 15.3. The van der Waals surface area contributed by atoms with Crippen LogP contribution in [0.2, 0.25) is 0 Å². The van der Waals surface area contributed by atoms with Gasteiger partial charge in [0.15, 0.2) is 0 Å². The number of nitrogens with zero attached hydrogens (tertiary/aromatic N) is 2. The predicted molar refractivity (Wildman–Crippen MR) is 119 cm³/mol. The molecule has 0 aliphatic heterocycles. The molecule has 2 aromatic carbocycles. The van der Waals surface area contributed by atoms with Crippen molar-refractivity contribution in [3.05, 3.63) is 105 Å². The summed E-state index contributed by atoms with van der Waals surface area (Å²) in [5.74, 6) is 0.0401. The van der Waals surface area contributed by atoms with Gasteiger partial charge in [-0.15, -0.1) is 0 Å². The molecule has 0 unspecified atom stereocenters. The molecule has 0 saturated heterocycles. The maximum Gasteiger partial charge on any atom is 0.287 e. The Morgan fingerprint density at radius 3 is 2.31 bits per heavy atom. The zero-order valence-electron chi connectivity index (χ0n) is 17.4. The van der Waals surface area contributed by atoms with Crippen LogP contribution in [0.1, 0.15) is 34.4 Å². The summed E-state index contributed by atoms with van der Waals surface area (Å²) in [6.45, 7) is 3.46. The van der Waals surface area contributed by atoms with Crippen LogP contribution in [0, 0.1) is 17.0 Å². The molecular weight excluding hydrogens is 412 g/mol. The van der Waals surface area contributed by atoms with Gasteiger partial charge in [-0.25, -0.2) is 5.43 Å². The fraction of sp³-hybridized carbons (Fsp3) is 0.0870. The normalized spacial score (nSPS) is 11.7. The van der Waals surface area contributed by atoms with Crippen molar-refractivity contribution in [1.29, 1.82) is 0 Å². The standard InChI is InChI=1S/C23H20N4O5/c1-15-8-13-21(32-15)16(2)25-26-23(29)20(24-22(28)18-6-4-3-5-7-18)14-17-9-11-19(12-10-17)27(30)31/h3-14H,1-2H3,(H,24,28)(H,26,29)/b20-14+,25-16+. The van der Waals surface area contributed by atoms with E-state index in [4.69, 9.17) is 4.42 Å². The van der Waals surface area contributed by atoms with Gasteiger partial charge in [-0.1, -0.05) is 18.2 Å². The van der Waals surface area contributed by atoms with Gasteiger partial charge in [0.1, 0.15) is 22.9 Å². The molecule has 0 spiro atoms. The molecule has 0 radical (unpaired) electrons. The van der Waals surface area contributed by atoms with Crippen molar-refractivity contribution in [1.82, 2.24) is 10.7 Å². The molecule has 0 aliphatic carbocycles. The van der Waals surface area contributed by atoms with Crippen LogP contribution in [0.5, 0.6) is 0 Å². The summed E-state index contributed by atoms with van der Waals surface area (Å²) in [5, 5.41) is 17.5. The van der Waals surface area contributed by atoms with Gasteiger partial charge < -0.3 is 9.73 Å². The third-order valence-electron chi connectivity index (χ3n) is 4.37. The van der Waals surface area contributed by atoms with Gasteiger partial charge in [-0.05, 0) is 61.9 Å². The van der Waals surface area contributed by atoms with Crippen molar-refractivity contribution >= 4 is 29.3 Å².